The van der Waals surface area contributed by atoms with E-state index in [4.69, 9.17) is 4.74 Å². The second kappa shape index (κ2) is 9.01. The van der Waals surface area contributed by atoms with Crippen molar-refractivity contribution in [3.8, 4) is 5.75 Å². The first-order chi connectivity index (χ1) is 11.7. The lowest BCUT2D eigenvalue weighted by Gasteiger charge is -2.15. The van der Waals surface area contributed by atoms with Gasteiger partial charge in [0.05, 0.1) is 6.21 Å². The normalized spacial score (nSPS) is 13.9. The van der Waals surface area contributed by atoms with E-state index in [9.17, 15) is 4.79 Å². The molecule has 1 amide bonds. The number of para-hydroxylation sites is 1. The van der Waals surface area contributed by atoms with Gasteiger partial charge in [-0.25, -0.2) is 5.43 Å². The van der Waals surface area contributed by atoms with Gasteiger partial charge in [-0.05, 0) is 17.7 Å². The Bertz CT molecular complexity index is 775. The lowest BCUT2D eigenvalue weighted by atomic mass is 10.1. The Morgan fingerprint density at radius 2 is 1.92 bits per heavy atom. The van der Waals surface area contributed by atoms with Gasteiger partial charge in [0.1, 0.15) is 12.4 Å². The fraction of sp³-hybridized carbons (Fsp3) is 0.158. The zero-order chi connectivity index (χ0) is 16.8. The van der Waals surface area contributed by atoms with Crippen molar-refractivity contribution in [2.45, 2.75) is 12.5 Å². The Labute approximate surface area is 153 Å². The number of rotatable bonds is 5. The number of halogens is 1. The summed E-state index contributed by atoms with van der Waals surface area (Å²) in [5.74, 6) is 0.659. The van der Waals surface area contributed by atoms with Gasteiger partial charge < -0.3 is 22.9 Å². The van der Waals surface area contributed by atoms with Crippen LogP contribution in [0.1, 0.15) is 11.1 Å². The molecule has 2 aromatic rings. The van der Waals surface area contributed by atoms with Gasteiger partial charge >= 0.3 is 0 Å². The van der Waals surface area contributed by atoms with Crippen LogP contribution in [0.2, 0.25) is 0 Å². The summed E-state index contributed by atoms with van der Waals surface area (Å²) in [6.45, 7) is 0.439. The topological polar surface area (TPSA) is 78.3 Å². The molecule has 0 spiro atoms. The maximum absolute atomic E-state index is 12.0. The third-order valence-corrected chi connectivity index (χ3v) is 3.76. The number of quaternary nitrogens is 1. The monoisotopic (exact) mass is 357 g/mol. The average molecular weight is 358 g/mol. The fourth-order valence-corrected chi connectivity index (χ4v) is 2.47. The Kier molecular flexibility index (Phi) is 6.74. The van der Waals surface area contributed by atoms with Gasteiger partial charge in [-0.1, -0.05) is 48.5 Å². The third-order valence-electron chi connectivity index (χ3n) is 3.76. The van der Waals surface area contributed by atoms with Gasteiger partial charge in [-0.15, -0.1) is 0 Å². The van der Waals surface area contributed by atoms with Crippen LogP contribution < -0.4 is 28.3 Å². The molecule has 0 fully saturated rings. The number of amides is 1. The summed E-state index contributed by atoms with van der Waals surface area (Å²) in [5, 5.41) is 4.02. The molecule has 0 bridgehead atoms. The summed E-state index contributed by atoms with van der Waals surface area (Å²) >= 11 is 0. The molecule has 2 aromatic carbocycles. The molecule has 0 saturated heterocycles. The first-order valence-electron chi connectivity index (χ1n) is 7.85. The first kappa shape index (κ1) is 18.7. The van der Waals surface area contributed by atoms with Crippen LogP contribution in [-0.2, 0) is 11.2 Å². The van der Waals surface area contributed by atoms with Gasteiger partial charge in [0.2, 0.25) is 0 Å². The zero-order valence-corrected chi connectivity index (χ0v) is 14.4. The van der Waals surface area contributed by atoms with Crippen molar-refractivity contribution in [2.75, 3.05) is 6.61 Å². The molecule has 0 radical (unpaired) electrons. The maximum Gasteiger partial charge on any atom is 0.298 e. The van der Waals surface area contributed by atoms with E-state index in [1.165, 1.54) is 0 Å². The highest BCUT2D eigenvalue weighted by molar-refractivity contribution is 5.89. The number of carbonyl (C=O) groups is 1. The predicted octanol–water partition coefficient (Wildman–Crippen LogP) is -1.58. The van der Waals surface area contributed by atoms with E-state index in [0.29, 0.717) is 13.0 Å². The molecule has 25 heavy (non-hydrogen) atoms. The Hall–Kier alpha value is -2.63. The molecule has 0 aliphatic carbocycles. The third kappa shape index (κ3) is 5.17. The second-order valence-corrected chi connectivity index (χ2v) is 5.67. The number of carbonyl (C=O) groups excluding carboxylic acids is 1. The molecule has 1 aliphatic heterocycles. The summed E-state index contributed by atoms with van der Waals surface area (Å²) in [5.41, 5.74) is 9.44. The van der Waals surface area contributed by atoms with Crippen LogP contribution in [0.25, 0.3) is 6.08 Å². The van der Waals surface area contributed by atoms with Gasteiger partial charge in [0.25, 0.3) is 5.91 Å². The number of ether oxygens (including phenoxy) is 1. The molecular weight excluding hydrogens is 338 g/mol. The number of fused-ring (bicyclic) bond motifs is 1. The number of benzene rings is 2. The summed E-state index contributed by atoms with van der Waals surface area (Å²) in [4.78, 5) is 12.0. The van der Waals surface area contributed by atoms with Gasteiger partial charge in [0, 0.05) is 17.6 Å². The summed E-state index contributed by atoms with van der Waals surface area (Å²) in [7, 11) is 0. The number of nitrogens with zero attached hydrogens (tertiary/aromatic N) is 1. The molecular formula is C19H20ClN3O2. The molecule has 1 atom stereocenters. The van der Waals surface area contributed by atoms with Crippen LogP contribution in [0.3, 0.4) is 0 Å². The molecule has 0 aromatic heterocycles. The molecule has 3 rings (SSSR count). The van der Waals surface area contributed by atoms with E-state index in [0.717, 1.165) is 22.4 Å². The van der Waals surface area contributed by atoms with Crippen molar-refractivity contribution in [3.05, 3.63) is 71.3 Å². The lowest BCUT2D eigenvalue weighted by molar-refractivity contribution is -0.403. The SMILES string of the molecule is [Cl-].[NH3+][C@H](Cc1ccccc1)C(=O)NN=CC1=Cc2ccccc2OC1. The van der Waals surface area contributed by atoms with E-state index < -0.39 is 0 Å². The van der Waals surface area contributed by atoms with E-state index in [-0.39, 0.29) is 24.4 Å². The predicted molar refractivity (Wildman–Crippen MR) is 93.4 cm³/mol. The van der Waals surface area contributed by atoms with Crippen LogP contribution in [0.4, 0.5) is 0 Å². The van der Waals surface area contributed by atoms with E-state index in [2.05, 4.69) is 16.3 Å². The van der Waals surface area contributed by atoms with E-state index in [1.807, 2.05) is 60.7 Å². The Balaban J connectivity index is 0.00000225. The van der Waals surface area contributed by atoms with Crippen molar-refractivity contribution in [1.29, 1.82) is 0 Å². The Morgan fingerprint density at radius 3 is 2.72 bits per heavy atom. The average Bonchev–Trinajstić information content (AvgIpc) is 2.62. The fourth-order valence-electron chi connectivity index (χ4n) is 2.47. The summed E-state index contributed by atoms with van der Waals surface area (Å²) < 4.78 is 5.64. The minimum Gasteiger partial charge on any atom is -1.00 e. The highest BCUT2D eigenvalue weighted by Gasteiger charge is 2.17. The first-order valence-corrected chi connectivity index (χ1v) is 7.85. The minimum absolute atomic E-state index is 0. The molecule has 1 heterocycles. The van der Waals surface area contributed by atoms with Crippen LogP contribution >= 0.6 is 0 Å². The quantitative estimate of drug-likeness (QED) is 0.500. The Morgan fingerprint density at radius 1 is 1.20 bits per heavy atom. The number of hydrogen-bond donors (Lipinski definition) is 2. The largest absolute Gasteiger partial charge is 1.00 e. The maximum atomic E-state index is 12.0. The van der Waals surface area contributed by atoms with E-state index in [1.54, 1.807) is 6.21 Å². The van der Waals surface area contributed by atoms with Crippen LogP contribution in [0, 0.1) is 0 Å². The van der Waals surface area contributed by atoms with Gasteiger partial charge in [-0.3, -0.25) is 4.79 Å². The lowest BCUT2D eigenvalue weighted by Crippen LogP contribution is -3.00. The van der Waals surface area contributed by atoms with Crippen LogP contribution in [0.15, 0.2) is 65.3 Å². The molecule has 0 saturated carbocycles. The van der Waals surface area contributed by atoms with Crippen molar-refractivity contribution >= 4 is 18.2 Å². The number of hydrazone groups is 1. The van der Waals surface area contributed by atoms with Crippen molar-refractivity contribution in [2.24, 2.45) is 5.10 Å². The second-order valence-electron chi connectivity index (χ2n) is 5.67. The molecule has 5 nitrogen and oxygen atoms in total. The van der Waals surface area contributed by atoms with Crippen LogP contribution in [0.5, 0.6) is 5.75 Å². The van der Waals surface area contributed by atoms with Gasteiger partial charge in [0.15, 0.2) is 6.04 Å². The number of hydrogen-bond acceptors (Lipinski definition) is 3. The smallest absolute Gasteiger partial charge is 0.298 e. The molecule has 0 unspecified atom stereocenters. The molecule has 4 N–H and O–H groups in total. The summed E-state index contributed by atoms with van der Waals surface area (Å²) in [6.07, 6.45) is 4.20. The molecule has 6 heteroatoms. The standard InChI is InChI=1S/C19H19N3O2.ClH/c20-17(11-14-6-2-1-3-7-14)19(23)22-21-12-15-10-16-8-4-5-9-18(16)24-13-15;/h1-10,12,17H,11,13,20H2,(H,22,23);1H/t17-;/m1./s1. The number of nitrogens with one attached hydrogen (secondary N) is 1. The van der Waals surface area contributed by atoms with Crippen molar-refractivity contribution in [3.63, 3.8) is 0 Å². The van der Waals surface area contributed by atoms with Crippen LogP contribution in [-0.4, -0.2) is 24.8 Å². The van der Waals surface area contributed by atoms with E-state index >= 15 is 0 Å². The van der Waals surface area contributed by atoms with Gasteiger partial charge in [-0.2, -0.15) is 5.10 Å². The zero-order valence-electron chi connectivity index (χ0n) is 13.7. The molecule has 130 valence electrons. The van der Waals surface area contributed by atoms with Crippen molar-refractivity contribution < 1.29 is 27.7 Å². The van der Waals surface area contributed by atoms with Crippen molar-refractivity contribution in [1.82, 2.24) is 5.43 Å². The highest BCUT2D eigenvalue weighted by atomic mass is 35.5. The molecule has 1 aliphatic rings. The highest BCUT2D eigenvalue weighted by Crippen LogP contribution is 2.24. The minimum atomic E-state index is -0.387. The summed E-state index contributed by atoms with van der Waals surface area (Å²) in [6, 6.07) is 17.2.